The van der Waals surface area contributed by atoms with E-state index >= 15 is 0 Å². The average molecular weight is 371 g/mol. The maximum atomic E-state index is 12.4. The topological polar surface area (TPSA) is 90.4 Å². The summed E-state index contributed by atoms with van der Waals surface area (Å²) < 4.78 is 38.0. The first-order valence-corrected chi connectivity index (χ1v) is 9.36. The Balaban J connectivity index is 1.69. The fourth-order valence-electron chi connectivity index (χ4n) is 2.11. The van der Waals surface area contributed by atoms with Crippen molar-refractivity contribution in [1.82, 2.24) is 9.97 Å². The van der Waals surface area contributed by atoms with E-state index in [1.807, 2.05) is 25.1 Å². The van der Waals surface area contributed by atoms with Crippen molar-refractivity contribution < 1.29 is 17.9 Å². The fourth-order valence-corrected chi connectivity index (χ4v) is 3.14. The number of nitrogens with one attached hydrogen (secondary N) is 1. The summed E-state index contributed by atoms with van der Waals surface area (Å²) in [4.78, 5) is 8.14. The van der Waals surface area contributed by atoms with Gasteiger partial charge in [0.2, 0.25) is 0 Å². The number of aromatic nitrogens is 2. The lowest BCUT2D eigenvalue weighted by Gasteiger charge is -2.09. The monoisotopic (exact) mass is 371 g/mol. The molecule has 0 amide bonds. The molecule has 0 aliphatic rings. The van der Waals surface area contributed by atoms with E-state index in [0.717, 1.165) is 0 Å². The second kappa shape index (κ2) is 7.83. The second-order valence-corrected chi connectivity index (χ2v) is 6.86. The number of hydrogen-bond acceptors (Lipinski definition) is 6. The molecule has 3 rings (SSSR count). The van der Waals surface area contributed by atoms with Crippen LogP contribution in [0, 0.1) is 0 Å². The van der Waals surface area contributed by atoms with Gasteiger partial charge in [-0.15, -0.1) is 0 Å². The summed E-state index contributed by atoms with van der Waals surface area (Å²) in [7, 11) is -3.74. The molecule has 0 unspecified atom stereocenters. The van der Waals surface area contributed by atoms with Crippen LogP contribution in [0.4, 0.5) is 5.69 Å². The van der Waals surface area contributed by atoms with Gasteiger partial charge in [-0.3, -0.25) is 4.72 Å². The first kappa shape index (κ1) is 17.7. The number of sulfonamides is 1. The summed E-state index contributed by atoms with van der Waals surface area (Å²) in [6.07, 6.45) is 2.69. The standard InChI is InChI=1S/C18H17N3O4S/c1-2-24-15-8-10-17(11-9-15)26(22,23)21-14-12-19-18(20-13-14)25-16-6-4-3-5-7-16/h3-13,21H,2H2,1H3. The third-order valence-corrected chi connectivity index (χ3v) is 4.67. The fraction of sp³-hybridized carbons (Fsp3) is 0.111. The molecule has 8 heteroatoms. The van der Waals surface area contributed by atoms with Gasteiger partial charge in [0.05, 0.1) is 29.6 Å². The molecule has 0 bridgehead atoms. The van der Waals surface area contributed by atoms with Gasteiger partial charge in [-0.05, 0) is 43.3 Å². The van der Waals surface area contributed by atoms with E-state index in [-0.39, 0.29) is 16.6 Å². The quantitative estimate of drug-likeness (QED) is 0.684. The predicted octanol–water partition coefficient (Wildman–Crippen LogP) is 3.47. The molecule has 2 aromatic carbocycles. The summed E-state index contributed by atoms with van der Waals surface area (Å²) in [5, 5.41) is 0. The number of rotatable bonds is 7. The molecule has 0 fully saturated rings. The Labute approximate surface area is 151 Å². The third-order valence-electron chi connectivity index (χ3n) is 3.28. The van der Waals surface area contributed by atoms with E-state index in [9.17, 15) is 8.42 Å². The van der Waals surface area contributed by atoms with Crippen LogP contribution >= 0.6 is 0 Å². The minimum absolute atomic E-state index is 0.116. The van der Waals surface area contributed by atoms with E-state index in [4.69, 9.17) is 9.47 Å². The smallest absolute Gasteiger partial charge is 0.322 e. The van der Waals surface area contributed by atoms with Crippen molar-refractivity contribution in [2.24, 2.45) is 0 Å². The predicted molar refractivity (Wildman–Crippen MR) is 97.0 cm³/mol. The molecule has 0 saturated heterocycles. The van der Waals surface area contributed by atoms with Gasteiger partial charge in [0.25, 0.3) is 10.0 Å². The van der Waals surface area contributed by atoms with Gasteiger partial charge >= 0.3 is 6.01 Å². The van der Waals surface area contributed by atoms with Crippen LogP contribution in [0.15, 0.2) is 71.9 Å². The van der Waals surface area contributed by atoms with E-state index in [0.29, 0.717) is 18.1 Å². The van der Waals surface area contributed by atoms with Crippen LogP contribution < -0.4 is 14.2 Å². The Kier molecular flexibility index (Phi) is 5.33. The van der Waals surface area contributed by atoms with Crippen molar-refractivity contribution in [3.63, 3.8) is 0 Å². The highest BCUT2D eigenvalue weighted by Gasteiger charge is 2.15. The Morgan fingerprint density at radius 1 is 0.923 bits per heavy atom. The number of anilines is 1. The van der Waals surface area contributed by atoms with Crippen LogP contribution in [-0.2, 0) is 10.0 Å². The van der Waals surface area contributed by atoms with E-state index < -0.39 is 10.0 Å². The SMILES string of the molecule is CCOc1ccc(S(=O)(=O)Nc2cnc(Oc3ccccc3)nc2)cc1. The Morgan fingerprint density at radius 3 is 2.19 bits per heavy atom. The molecule has 1 aromatic heterocycles. The molecule has 134 valence electrons. The van der Waals surface area contributed by atoms with E-state index in [2.05, 4.69) is 14.7 Å². The molecule has 0 atom stereocenters. The molecular weight excluding hydrogens is 354 g/mol. The molecule has 3 aromatic rings. The van der Waals surface area contributed by atoms with Crippen molar-refractivity contribution in [3.8, 4) is 17.5 Å². The number of ether oxygens (including phenoxy) is 2. The molecular formula is C18H17N3O4S. The van der Waals surface area contributed by atoms with Crippen molar-refractivity contribution in [1.29, 1.82) is 0 Å². The van der Waals surface area contributed by atoms with Crippen LogP contribution in [0.3, 0.4) is 0 Å². The summed E-state index contributed by atoms with van der Waals surface area (Å²) >= 11 is 0. The summed E-state index contributed by atoms with van der Waals surface area (Å²) in [5.41, 5.74) is 0.235. The molecule has 7 nitrogen and oxygen atoms in total. The summed E-state index contributed by atoms with van der Waals surface area (Å²) in [6, 6.07) is 15.3. The van der Waals surface area contributed by atoms with Crippen LogP contribution in [0.1, 0.15) is 6.92 Å². The van der Waals surface area contributed by atoms with Gasteiger partial charge in [0.1, 0.15) is 11.5 Å². The van der Waals surface area contributed by atoms with E-state index in [1.54, 1.807) is 24.3 Å². The lowest BCUT2D eigenvalue weighted by atomic mass is 10.3. The third kappa shape index (κ3) is 4.48. The van der Waals surface area contributed by atoms with Crippen LogP contribution in [0.25, 0.3) is 0 Å². The van der Waals surface area contributed by atoms with Gasteiger partial charge < -0.3 is 9.47 Å². The van der Waals surface area contributed by atoms with Crippen LogP contribution in [-0.4, -0.2) is 25.0 Å². The minimum atomic E-state index is -3.74. The van der Waals surface area contributed by atoms with Crippen molar-refractivity contribution in [3.05, 3.63) is 67.0 Å². The zero-order valence-corrected chi connectivity index (χ0v) is 14.8. The Morgan fingerprint density at radius 2 is 1.58 bits per heavy atom. The molecule has 0 saturated carbocycles. The highest BCUT2D eigenvalue weighted by atomic mass is 32.2. The van der Waals surface area contributed by atoms with Gasteiger partial charge in [0.15, 0.2) is 0 Å². The number of benzene rings is 2. The molecule has 26 heavy (non-hydrogen) atoms. The maximum Gasteiger partial charge on any atom is 0.322 e. The number of para-hydroxylation sites is 1. The zero-order valence-electron chi connectivity index (χ0n) is 14.0. The van der Waals surface area contributed by atoms with Crippen molar-refractivity contribution in [2.45, 2.75) is 11.8 Å². The molecule has 1 N–H and O–H groups in total. The Bertz CT molecular complexity index is 944. The largest absolute Gasteiger partial charge is 0.494 e. The van der Waals surface area contributed by atoms with E-state index in [1.165, 1.54) is 24.5 Å². The second-order valence-electron chi connectivity index (χ2n) is 5.18. The minimum Gasteiger partial charge on any atom is -0.494 e. The van der Waals surface area contributed by atoms with Gasteiger partial charge in [-0.1, -0.05) is 18.2 Å². The Hall–Kier alpha value is -3.13. The lowest BCUT2D eigenvalue weighted by molar-refractivity contribution is 0.340. The maximum absolute atomic E-state index is 12.4. The normalized spacial score (nSPS) is 11.0. The summed E-state index contributed by atoms with van der Waals surface area (Å²) in [5.74, 6) is 1.20. The van der Waals surface area contributed by atoms with Gasteiger partial charge in [0, 0.05) is 0 Å². The van der Waals surface area contributed by atoms with Gasteiger partial charge in [-0.2, -0.15) is 0 Å². The highest BCUT2D eigenvalue weighted by Crippen LogP contribution is 2.20. The first-order chi connectivity index (χ1) is 12.6. The molecule has 0 radical (unpaired) electrons. The zero-order chi connectivity index (χ0) is 18.4. The van der Waals surface area contributed by atoms with Gasteiger partial charge in [-0.25, -0.2) is 18.4 Å². The van der Waals surface area contributed by atoms with Crippen molar-refractivity contribution in [2.75, 3.05) is 11.3 Å². The molecule has 1 heterocycles. The molecule has 0 aliphatic carbocycles. The number of nitrogens with zero attached hydrogens (tertiary/aromatic N) is 2. The first-order valence-electron chi connectivity index (χ1n) is 7.87. The average Bonchev–Trinajstić information content (AvgIpc) is 2.65. The van der Waals surface area contributed by atoms with Crippen molar-refractivity contribution >= 4 is 15.7 Å². The molecule has 0 aliphatic heterocycles. The summed E-state index contributed by atoms with van der Waals surface area (Å²) in [6.45, 7) is 2.37. The highest BCUT2D eigenvalue weighted by molar-refractivity contribution is 7.92. The molecule has 0 spiro atoms. The van der Waals surface area contributed by atoms with Crippen LogP contribution in [0.5, 0.6) is 17.5 Å². The van der Waals surface area contributed by atoms with Crippen LogP contribution in [0.2, 0.25) is 0 Å². The lowest BCUT2D eigenvalue weighted by Crippen LogP contribution is -2.13. The number of hydrogen-bond donors (Lipinski definition) is 1.